The summed E-state index contributed by atoms with van der Waals surface area (Å²) in [5.41, 5.74) is 8.46. The molecule has 0 amide bonds. The number of rotatable bonds is 3. The van der Waals surface area contributed by atoms with Gasteiger partial charge in [0.2, 0.25) is 0 Å². The highest BCUT2D eigenvalue weighted by Crippen LogP contribution is 2.21. The molecule has 1 fully saturated rings. The van der Waals surface area contributed by atoms with Crippen LogP contribution in [0.25, 0.3) is 0 Å². The molecular weight excluding hydrogens is 198 g/mol. The van der Waals surface area contributed by atoms with Gasteiger partial charge >= 0.3 is 0 Å². The van der Waals surface area contributed by atoms with Crippen LogP contribution in [0.15, 0.2) is 24.3 Å². The van der Waals surface area contributed by atoms with Crippen LogP contribution >= 0.6 is 0 Å². The van der Waals surface area contributed by atoms with Crippen LogP contribution in [-0.4, -0.2) is 25.7 Å². The maximum Gasteiger partial charge on any atom is 0.0368 e. The van der Waals surface area contributed by atoms with Gasteiger partial charge in [0, 0.05) is 37.1 Å². The van der Waals surface area contributed by atoms with Crippen LogP contribution in [0.4, 0.5) is 11.4 Å². The summed E-state index contributed by atoms with van der Waals surface area (Å²) in [6, 6.07) is 8.96. The summed E-state index contributed by atoms with van der Waals surface area (Å²) in [4.78, 5) is 2.38. The van der Waals surface area contributed by atoms with Crippen molar-refractivity contribution in [2.45, 2.75) is 25.8 Å². The summed E-state index contributed by atoms with van der Waals surface area (Å²) in [7, 11) is 0. The van der Waals surface area contributed by atoms with Gasteiger partial charge in [0.1, 0.15) is 0 Å². The SMILES string of the molecule is CCNc1ccc(N2CCC[C@H](N)C2)cc1. The van der Waals surface area contributed by atoms with Gasteiger partial charge in [0.25, 0.3) is 0 Å². The van der Waals surface area contributed by atoms with Gasteiger partial charge in [-0.05, 0) is 44.0 Å². The van der Waals surface area contributed by atoms with Gasteiger partial charge in [-0.2, -0.15) is 0 Å². The Kier molecular flexibility index (Phi) is 3.67. The number of nitrogens with zero attached hydrogens (tertiary/aromatic N) is 1. The average Bonchev–Trinajstić information content (AvgIpc) is 2.30. The van der Waals surface area contributed by atoms with E-state index in [0.29, 0.717) is 6.04 Å². The first-order valence-corrected chi connectivity index (χ1v) is 6.14. The number of benzene rings is 1. The number of hydrogen-bond donors (Lipinski definition) is 2. The standard InChI is InChI=1S/C13H21N3/c1-2-15-12-5-7-13(8-6-12)16-9-3-4-11(14)10-16/h5-8,11,15H,2-4,9-10,14H2,1H3/t11-/m0/s1. The quantitative estimate of drug-likeness (QED) is 0.817. The highest BCUT2D eigenvalue weighted by Gasteiger charge is 2.16. The van der Waals surface area contributed by atoms with Crippen molar-refractivity contribution in [1.82, 2.24) is 0 Å². The summed E-state index contributed by atoms with van der Waals surface area (Å²) >= 11 is 0. The molecule has 1 aliphatic heterocycles. The molecule has 2 rings (SSSR count). The van der Waals surface area contributed by atoms with Crippen molar-refractivity contribution < 1.29 is 0 Å². The smallest absolute Gasteiger partial charge is 0.0368 e. The Morgan fingerprint density at radius 2 is 2.12 bits per heavy atom. The molecular formula is C13H21N3. The first-order chi connectivity index (χ1) is 7.79. The van der Waals surface area contributed by atoms with E-state index in [0.717, 1.165) is 26.1 Å². The Balaban J connectivity index is 2.03. The largest absolute Gasteiger partial charge is 0.385 e. The molecule has 1 atom stereocenters. The fraction of sp³-hybridized carbons (Fsp3) is 0.538. The van der Waals surface area contributed by atoms with Crippen LogP contribution in [0.1, 0.15) is 19.8 Å². The van der Waals surface area contributed by atoms with E-state index < -0.39 is 0 Å². The molecule has 1 aromatic rings. The highest BCUT2D eigenvalue weighted by molar-refractivity contribution is 5.55. The third kappa shape index (κ3) is 2.67. The lowest BCUT2D eigenvalue weighted by molar-refractivity contribution is 0.506. The van der Waals surface area contributed by atoms with Crippen LogP contribution in [-0.2, 0) is 0 Å². The maximum absolute atomic E-state index is 5.99. The predicted octanol–water partition coefficient (Wildman–Crippen LogP) is 2.05. The Bertz CT molecular complexity index is 320. The molecule has 1 heterocycles. The Hall–Kier alpha value is -1.22. The minimum atomic E-state index is 0.335. The fourth-order valence-electron chi connectivity index (χ4n) is 2.24. The number of hydrogen-bond acceptors (Lipinski definition) is 3. The van der Waals surface area contributed by atoms with Crippen molar-refractivity contribution in [3.63, 3.8) is 0 Å². The Morgan fingerprint density at radius 1 is 1.38 bits per heavy atom. The van der Waals surface area contributed by atoms with E-state index in [-0.39, 0.29) is 0 Å². The molecule has 0 radical (unpaired) electrons. The molecule has 0 aromatic heterocycles. The van der Waals surface area contributed by atoms with Crippen molar-refractivity contribution in [2.75, 3.05) is 29.9 Å². The van der Waals surface area contributed by atoms with Crippen molar-refractivity contribution in [1.29, 1.82) is 0 Å². The van der Waals surface area contributed by atoms with Crippen LogP contribution in [0, 0.1) is 0 Å². The molecule has 0 saturated carbocycles. The van der Waals surface area contributed by atoms with Crippen LogP contribution in [0.3, 0.4) is 0 Å². The molecule has 0 spiro atoms. The van der Waals surface area contributed by atoms with Crippen LogP contribution in [0.2, 0.25) is 0 Å². The third-order valence-electron chi connectivity index (χ3n) is 3.07. The molecule has 1 aromatic carbocycles. The molecule has 0 unspecified atom stereocenters. The van der Waals surface area contributed by atoms with Gasteiger partial charge in [-0.3, -0.25) is 0 Å². The summed E-state index contributed by atoms with van der Waals surface area (Å²) in [6.45, 7) is 5.19. The molecule has 1 aliphatic rings. The highest BCUT2D eigenvalue weighted by atomic mass is 15.1. The van der Waals surface area contributed by atoms with Gasteiger partial charge in [-0.1, -0.05) is 0 Å². The van der Waals surface area contributed by atoms with Crippen molar-refractivity contribution in [3.05, 3.63) is 24.3 Å². The zero-order chi connectivity index (χ0) is 11.4. The summed E-state index contributed by atoms with van der Waals surface area (Å²) < 4.78 is 0. The first-order valence-electron chi connectivity index (χ1n) is 6.14. The molecule has 1 saturated heterocycles. The van der Waals surface area contributed by atoms with Gasteiger partial charge in [0.05, 0.1) is 0 Å². The summed E-state index contributed by atoms with van der Waals surface area (Å²) in [5.74, 6) is 0. The fourth-order valence-corrected chi connectivity index (χ4v) is 2.24. The van der Waals surface area contributed by atoms with E-state index in [4.69, 9.17) is 5.73 Å². The van der Waals surface area contributed by atoms with Crippen molar-refractivity contribution in [2.24, 2.45) is 5.73 Å². The first kappa shape index (κ1) is 11.3. The minimum Gasteiger partial charge on any atom is -0.385 e. The third-order valence-corrected chi connectivity index (χ3v) is 3.07. The number of piperidine rings is 1. The van der Waals surface area contributed by atoms with E-state index in [1.807, 2.05) is 0 Å². The Labute approximate surface area is 97.6 Å². The number of nitrogens with one attached hydrogen (secondary N) is 1. The normalized spacial score (nSPS) is 20.9. The lowest BCUT2D eigenvalue weighted by atomic mass is 10.1. The van der Waals surface area contributed by atoms with E-state index in [2.05, 4.69) is 41.4 Å². The van der Waals surface area contributed by atoms with E-state index in [1.165, 1.54) is 17.8 Å². The van der Waals surface area contributed by atoms with Crippen LogP contribution < -0.4 is 16.0 Å². The summed E-state index contributed by atoms with van der Waals surface area (Å²) in [5, 5.41) is 3.30. The predicted molar refractivity (Wildman–Crippen MR) is 70.0 cm³/mol. The monoisotopic (exact) mass is 219 g/mol. The van der Waals surface area contributed by atoms with Crippen LogP contribution in [0.5, 0.6) is 0 Å². The molecule has 0 aliphatic carbocycles. The second kappa shape index (κ2) is 5.21. The molecule has 0 bridgehead atoms. The van der Waals surface area contributed by atoms with Crippen molar-refractivity contribution in [3.8, 4) is 0 Å². The zero-order valence-corrected chi connectivity index (χ0v) is 9.95. The Morgan fingerprint density at radius 3 is 2.75 bits per heavy atom. The van der Waals surface area contributed by atoms with Crippen molar-refractivity contribution >= 4 is 11.4 Å². The number of anilines is 2. The lowest BCUT2D eigenvalue weighted by Crippen LogP contribution is -2.42. The molecule has 88 valence electrons. The molecule has 16 heavy (non-hydrogen) atoms. The summed E-state index contributed by atoms with van der Waals surface area (Å²) in [6.07, 6.45) is 2.36. The van der Waals surface area contributed by atoms with E-state index in [1.54, 1.807) is 0 Å². The second-order valence-electron chi connectivity index (χ2n) is 4.43. The second-order valence-corrected chi connectivity index (χ2v) is 4.43. The maximum atomic E-state index is 5.99. The van der Waals surface area contributed by atoms with Gasteiger partial charge in [-0.25, -0.2) is 0 Å². The number of nitrogens with two attached hydrogens (primary N) is 1. The zero-order valence-electron chi connectivity index (χ0n) is 9.95. The minimum absolute atomic E-state index is 0.335. The molecule has 3 heteroatoms. The van der Waals surface area contributed by atoms with Gasteiger partial charge in [0.15, 0.2) is 0 Å². The lowest BCUT2D eigenvalue weighted by Gasteiger charge is -2.32. The topological polar surface area (TPSA) is 41.3 Å². The van der Waals surface area contributed by atoms with Gasteiger partial charge < -0.3 is 16.0 Å². The van der Waals surface area contributed by atoms with Gasteiger partial charge in [-0.15, -0.1) is 0 Å². The van der Waals surface area contributed by atoms with E-state index >= 15 is 0 Å². The average molecular weight is 219 g/mol. The molecule has 3 nitrogen and oxygen atoms in total. The van der Waals surface area contributed by atoms with E-state index in [9.17, 15) is 0 Å². The molecule has 3 N–H and O–H groups in total.